The van der Waals surface area contributed by atoms with E-state index in [0.717, 1.165) is 25.2 Å². The average Bonchev–Trinajstić information content (AvgIpc) is 3.22. The molecule has 2 aliphatic heterocycles. The maximum absolute atomic E-state index is 12.2. The molecule has 0 bridgehead atoms. The second-order valence-electron chi connectivity index (χ2n) is 7.60. The molecule has 0 saturated carbocycles. The summed E-state index contributed by atoms with van der Waals surface area (Å²) in [6.07, 6.45) is 8.26. The van der Waals surface area contributed by atoms with Gasteiger partial charge in [0.1, 0.15) is 12.3 Å². The first-order valence-corrected chi connectivity index (χ1v) is 10.2. The minimum atomic E-state index is -0.146. The summed E-state index contributed by atoms with van der Waals surface area (Å²) in [5.74, 6) is 3.10. The number of terminal acetylenes is 1. The molecule has 0 spiro atoms. The Kier molecular flexibility index (Phi) is 6.00. The molecule has 0 radical (unpaired) electrons. The third kappa shape index (κ3) is 4.63. The Morgan fingerprint density at radius 3 is 2.73 bits per heavy atom. The summed E-state index contributed by atoms with van der Waals surface area (Å²) in [5, 5.41) is 2.77. The molecule has 1 saturated heterocycles. The first-order valence-electron chi connectivity index (χ1n) is 10.2. The number of nitrogens with two attached hydrogens (primary N) is 1. The molecule has 2 aromatic rings. The number of nitrogens with one attached hydrogen (secondary N) is 1. The largest absolute Gasteiger partial charge is 0.462 e. The molecule has 1 fully saturated rings. The molecule has 0 atom stereocenters. The molecule has 1 amide bonds. The Bertz CT molecular complexity index is 965. The van der Waals surface area contributed by atoms with Gasteiger partial charge in [0.25, 0.3) is 0 Å². The summed E-state index contributed by atoms with van der Waals surface area (Å²) in [6, 6.07) is 8.63. The smallest absolute Gasteiger partial charge is 0.320 e. The van der Waals surface area contributed by atoms with Crippen molar-refractivity contribution < 1.29 is 9.53 Å². The lowest BCUT2D eigenvalue weighted by atomic mass is 10.1. The van der Waals surface area contributed by atoms with E-state index in [4.69, 9.17) is 16.9 Å². The van der Waals surface area contributed by atoms with Crippen LogP contribution < -0.4 is 20.7 Å². The zero-order valence-corrected chi connectivity index (χ0v) is 16.9. The van der Waals surface area contributed by atoms with Crippen molar-refractivity contribution in [1.82, 2.24) is 14.9 Å². The van der Waals surface area contributed by atoms with Crippen LogP contribution in [0.1, 0.15) is 30.4 Å². The highest BCUT2D eigenvalue weighted by Crippen LogP contribution is 2.34. The van der Waals surface area contributed by atoms with Crippen LogP contribution in [0, 0.1) is 12.3 Å². The van der Waals surface area contributed by atoms with Crippen molar-refractivity contribution in [3.8, 4) is 18.4 Å². The number of hydrogen-bond acceptors (Lipinski definition) is 7. The normalized spacial score (nSPS) is 16.1. The van der Waals surface area contributed by atoms with Gasteiger partial charge in [-0.2, -0.15) is 9.97 Å². The molecule has 156 valence electrons. The van der Waals surface area contributed by atoms with Gasteiger partial charge in [0.2, 0.25) is 5.91 Å². The Morgan fingerprint density at radius 1 is 1.20 bits per heavy atom. The fourth-order valence-corrected chi connectivity index (χ4v) is 3.86. The Hall–Kier alpha value is -3.31. The van der Waals surface area contributed by atoms with Crippen LogP contribution in [0.3, 0.4) is 0 Å². The van der Waals surface area contributed by atoms with Gasteiger partial charge in [-0.15, -0.1) is 12.3 Å². The lowest BCUT2D eigenvalue weighted by Gasteiger charge is -2.30. The Morgan fingerprint density at radius 2 is 1.97 bits per heavy atom. The van der Waals surface area contributed by atoms with Crippen molar-refractivity contribution >= 4 is 23.2 Å². The Balaban J connectivity index is 1.55. The first-order chi connectivity index (χ1) is 14.6. The van der Waals surface area contributed by atoms with E-state index in [1.807, 2.05) is 4.90 Å². The van der Waals surface area contributed by atoms with Crippen LogP contribution in [0.25, 0.3) is 0 Å². The van der Waals surface area contributed by atoms with Gasteiger partial charge in [0, 0.05) is 19.5 Å². The molecule has 3 N–H and O–H groups in total. The van der Waals surface area contributed by atoms with E-state index in [0.29, 0.717) is 31.1 Å². The molecule has 0 aliphatic carbocycles. The van der Waals surface area contributed by atoms with E-state index in [9.17, 15) is 4.79 Å². The molecule has 1 aromatic heterocycles. The van der Waals surface area contributed by atoms with Crippen LogP contribution in [0.2, 0.25) is 0 Å². The minimum absolute atomic E-state index is 0.146. The summed E-state index contributed by atoms with van der Waals surface area (Å²) in [4.78, 5) is 25.2. The predicted octanol–water partition coefficient (Wildman–Crippen LogP) is 2.02. The number of carbonyl (C=O) groups excluding carboxylic acids is 1. The van der Waals surface area contributed by atoms with Crippen molar-refractivity contribution in [2.75, 3.05) is 42.2 Å². The number of nitrogen functional groups attached to an aromatic ring is 1. The quantitative estimate of drug-likeness (QED) is 0.536. The number of aromatic nitrogens is 2. The number of amides is 1. The number of rotatable bonds is 7. The molecule has 2 aliphatic rings. The fraction of sp³-hybridized carbons (Fsp3) is 0.409. The fourth-order valence-electron chi connectivity index (χ4n) is 3.86. The highest BCUT2D eigenvalue weighted by atomic mass is 16.5. The predicted molar refractivity (Wildman–Crippen MR) is 116 cm³/mol. The van der Waals surface area contributed by atoms with Crippen LogP contribution in [-0.4, -0.2) is 47.0 Å². The molecular weight excluding hydrogens is 380 g/mol. The molecule has 0 unspecified atom stereocenters. The number of likely N-dealkylation sites (tertiary alicyclic amines) is 1. The zero-order chi connectivity index (χ0) is 20.9. The minimum Gasteiger partial charge on any atom is -0.462 e. The highest BCUT2D eigenvalue weighted by molar-refractivity contribution is 6.03. The van der Waals surface area contributed by atoms with Gasteiger partial charge in [-0.1, -0.05) is 24.3 Å². The first kappa shape index (κ1) is 20.0. The SMILES string of the molecule is C#CCCOc1nc(N)c2c(n1)N(Cc1cccc(CN3CCCC3)c1)CC(=O)N2. The van der Waals surface area contributed by atoms with E-state index >= 15 is 0 Å². The van der Waals surface area contributed by atoms with Crippen molar-refractivity contribution in [2.45, 2.75) is 32.4 Å². The van der Waals surface area contributed by atoms with Gasteiger partial charge in [0.05, 0.1) is 6.54 Å². The van der Waals surface area contributed by atoms with Crippen LogP contribution >= 0.6 is 0 Å². The van der Waals surface area contributed by atoms with Crippen molar-refractivity contribution in [3.05, 3.63) is 35.4 Å². The number of hydrogen-bond donors (Lipinski definition) is 2. The van der Waals surface area contributed by atoms with Crippen molar-refractivity contribution in [1.29, 1.82) is 0 Å². The van der Waals surface area contributed by atoms with E-state index in [-0.39, 0.29) is 24.3 Å². The molecule has 4 rings (SSSR count). The van der Waals surface area contributed by atoms with Gasteiger partial charge < -0.3 is 20.7 Å². The summed E-state index contributed by atoms with van der Waals surface area (Å²) in [5.41, 5.74) is 8.87. The molecular formula is C22H26N6O2. The summed E-state index contributed by atoms with van der Waals surface area (Å²) >= 11 is 0. The van der Waals surface area contributed by atoms with Crippen LogP contribution in [0.15, 0.2) is 24.3 Å². The molecule has 1 aromatic carbocycles. The van der Waals surface area contributed by atoms with Crippen LogP contribution in [-0.2, 0) is 17.9 Å². The second kappa shape index (κ2) is 9.01. The zero-order valence-electron chi connectivity index (χ0n) is 16.9. The molecule has 8 nitrogen and oxygen atoms in total. The van der Waals surface area contributed by atoms with Crippen LogP contribution in [0.4, 0.5) is 17.3 Å². The van der Waals surface area contributed by atoms with Gasteiger partial charge in [-0.3, -0.25) is 9.69 Å². The molecule has 30 heavy (non-hydrogen) atoms. The van der Waals surface area contributed by atoms with Crippen molar-refractivity contribution in [3.63, 3.8) is 0 Å². The Labute approximate surface area is 176 Å². The summed E-state index contributed by atoms with van der Waals surface area (Å²) in [6.45, 7) is 4.29. The van der Waals surface area contributed by atoms with E-state index < -0.39 is 0 Å². The monoisotopic (exact) mass is 406 g/mol. The standard InChI is InChI=1S/C22H26N6O2/c1-2-3-11-30-22-25-20(23)19-21(26-22)28(15-18(29)24-19)14-17-8-6-7-16(12-17)13-27-9-4-5-10-27/h1,6-8,12H,3-5,9-11,13-15H2,(H,24,29)(H2,23,25,26). The highest BCUT2D eigenvalue weighted by Gasteiger charge is 2.27. The van der Waals surface area contributed by atoms with Crippen LogP contribution in [0.5, 0.6) is 6.01 Å². The number of carbonyl (C=O) groups is 1. The number of benzene rings is 1. The number of anilines is 3. The third-order valence-corrected chi connectivity index (χ3v) is 5.24. The lowest BCUT2D eigenvalue weighted by molar-refractivity contribution is -0.115. The van der Waals surface area contributed by atoms with Crippen molar-refractivity contribution in [2.24, 2.45) is 0 Å². The number of fused-ring (bicyclic) bond motifs is 1. The maximum Gasteiger partial charge on any atom is 0.320 e. The van der Waals surface area contributed by atoms with E-state index in [1.165, 1.54) is 18.4 Å². The van der Waals surface area contributed by atoms with Gasteiger partial charge >= 0.3 is 6.01 Å². The summed E-state index contributed by atoms with van der Waals surface area (Å²) < 4.78 is 5.52. The van der Waals surface area contributed by atoms with Gasteiger partial charge in [-0.05, 0) is 37.1 Å². The van der Waals surface area contributed by atoms with Gasteiger partial charge in [0.15, 0.2) is 11.6 Å². The molecule has 3 heterocycles. The summed E-state index contributed by atoms with van der Waals surface area (Å²) in [7, 11) is 0. The third-order valence-electron chi connectivity index (χ3n) is 5.24. The van der Waals surface area contributed by atoms with Gasteiger partial charge in [-0.25, -0.2) is 0 Å². The lowest BCUT2D eigenvalue weighted by Crippen LogP contribution is -2.39. The van der Waals surface area contributed by atoms with E-state index in [1.54, 1.807) is 0 Å². The number of nitrogens with zero attached hydrogens (tertiary/aromatic N) is 4. The number of ether oxygens (including phenoxy) is 1. The molecule has 8 heteroatoms. The maximum atomic E-state index is 12.2. The van der Waals surface area contributed by atoms with E-state index in [2.05, 4.69) is 50.4 Å². The average molecular weight is 406 g/mol. The second-order valence-corrected chi connectivity index (χ2v) is 7.60. The topological polar surface area (TPSA) is 96.6 Å².